The summed E-state index contributed by atoms with van der Waals surface area (Å²) in [6, 6.07) is 13.9. The molecule has 2 aromatic carbocycles. The largest absolute Gasteiger partial charge is 0.374 e. The highest BCUT2D eigenvalue weighted by molar-refractivity contribution is 5.97. The molecule has 1 N–H and O–H groups in total. The molecule has 0 aromatic heterocycles. The van der Waals surface area contributed by atoms with Crippen LogP contribution in [-0.4, -0.2) is 53.4 Å². The molecule has 2 aliphatic rings. The molecule has 2 aromatic rings. The van der Waals surface area contributed by atoms with E-state index < -0.39 is 6.23 Å². The Labute approximate surface area is 165 Å². The normalized spacial score (nSPS) is 21.4. The fraction of sp³-hybridized carbons (Fsp3) is 0.435. The van der Waals surface area contributed by atoms with Gasteiger partial charge in [-0.2, -0.15) is 0 Å². The summed E-state index contributed by atoms with van der Waals surface area (Å²) in [5.41, 5.74) is 2.86. The number of hydrogen-bond acceptors (Lipinski definition) is 4. The first-order chi connectivity index (χ1) is 13.6. The van der Waals surface area contributed by atoms with Gasteiger partial charge in [0.15, 0.2) is 5.78 Å². The minimum Gasteiger partial charge on any atom is -0.374 e. The number of halogens is 1. The first-order valence-corrected chi connectivity index (χ1v) is 10.1. The highest BCUT2D eigenvalue weighted by Crippen LogP contribution is 2.29. The smallest absolute Gasteiger partial charge is 0.176 e. The molecule has 2 aliphatic heterocycles. The molecule has 28 heavy (non-hydrogen) atoms. The molecular weight excluding hydrogens is 355 g/mol. The standard InChI is InChI=1S/C23H27FN2O2/c24-20-7-5-19(6-8-20)22(27)16-25-12-9-17(10-13-25)15-26-14-11-18-3-1-2-4-21(18)23(26)28/h1-8,17,23,28H,9-16H2. The zero-order chi connectivity index (χ0) is 19.5. The van der Waals surface area contributed by atoms with Crippen LogP contribution in [0.5, 0.6) is 0 Å². The van der Waals surface area contributed by atoms with Gasteiger partial charge >= 0.3 is 0 Å². The van der Waals surface area contributed by atoms with Crippen molar-refractivity contribution in [3.05, 3.63) is 71.0 Å². The van der Waals surface area contributed by atoms with E-state index in [2.05, 4.69) is 15.9 Å². The number of piperidine rings is 1. The number of nitrogens with zero attached hydrogens (tertiary/aromatic N) is 2. The van der Waals surface area contributed by atoms with Crippen LogP contribution in [0.2, 0.25) is 0 Å². The first kappa shape index (κ1) is 19.2. The highest BCUT2D eigenvalue weighted by Gasteiger charge is 2.29. The van der Waals surface area contributed by atoms with E-state index in [0.29, 0.717) is 18.0 Å². The second-order valence-corrected chi connectivity index (χ2v) is 7.97. The minimum absolute atomic E-state index is 0.0431. The average molecular weight is 382 g/mol. The molecule has 0 bridgehead atoms. The maximum Gasteiger partial charge on any atom is 0.176 e. The molecule has 0 radical (unpaired) electrons. The van der Waals surface area contributed by atoms with Crippen LogP contribution in [0.25, 0.3) is 0 Å². The van der Waals surface area contributed by atoms with Gasteiger partial charge in [0, 0.05) is 18.7 Å². The first-order valence-electron chi connectivity index (χ1n) is 10.1. The third-order valence-corrected chi connectivity index (χ3v) is 6.08. The van der Waals surface area contributed by atoms with Crippen LogP contribution in [0, 0.1) is 11.7 Å². The van der Waals surface area contributed by atoms with Crippen molar-refractivity contribution in [3.8, 4) is 0 Å². The fourth-order valence-corrected chi connectivity index (χ4v) is 4.38. The Kier molecular flexibility index (Phi) is 5.85. The van der Waals surface area contributed by atoms with Crippen molar-refractivity contribution in [3.63, 3.8) is 0 Å². The molecule has 0 amide bonds. The van der Waals surface area contributed by atoms with E-state index >= 15 is 0 Å². The van der Waals surface area contributed by atoms with Crippen molar-refractivity contribution in [2.24, 2.45) is 5.92 Å². The van der Waals surface area contributed by atoms with E-state index in [-0.39, 0.29) is 11.6 Å². The van der Waals surface area contributed by atoms with Crippen molar-refractivity contribution in [1.82, 2.24) is 9.80 Å². The molecule has 0 saturated carbocycles. The van der Waals surface area contributed by atoms with Crippen LogP contribution in [0.1, 0.15) is 40.6 Å². The van der Waals surface area contributed by atoms with Gasteiger partial charge in [-0.1, -0.05) is 24.3 Å². The molecule has 148 valence electrons. The number of aliphatic hydroxyl groups excluding tert-OH is 1. The van der Waals surface area contributed by atoms with Gasteiger partial charge in [-0.25, -0.2) is 4.39 Å². The Balaban J connectivity index is 1.27. The van der Waals surface area contributed by atoms with Crippen molar-refractivity contribution in [1.29, 1.82) is 0 Å². The van der Waals surface area contributed by atoms with Crippen molar-refractivity contribution in [2.45, 2.75) is 25.5 Å². The van der Waals surface area contributed by atoms with Crippen LogP contribution in [0.15, 0.2) is 48.5 Å². The lowest BCUT2D eigenvalue weighted by molar-refractivity contribution is -0.0214. The van der Waals surface area contributed by atoms with E-state index in [9.17, 15) is 14.3 Å². The lowest BCUT2D eigenvalue weighted by Gasteiger charge is -2.38. The lowest BCUT2D eigenvalue weighted by Crippen LogP contribution is -2.43. The number of likely N-dealkylation sites (tertiary alicyclic amines) is 1. The van der Waals surface area contributed by atoms with Crippen LogP contribution in [-0.2, 0) is 6.42 Å². The third kappa shape index (κ3) is 4.32. The molecule has 2 heterocycles. The molecule has 1 saturated heterocycles. The van der Waals surface area contributed by atoms with E-state index in [1.807, 2.05) is 18.2 Å². The van der Waals surface area contributed by atoms with Crippen molar-refractivity contribution < 1.29 is 14.3 Å². The van der Waals surface area contributed by atoms with Gasteiger partial charge in [0.05, 0.1) is 6.54 Å². The number of ketones is 1. The van der Waals surface area contributed by atoms with Gasteiger partial charge < -0.3 is 5.11 Å². The van der Waals surface area contributed by atoms with Crippen LogP contribution in [0.3, 0.4) is 0 Å². The predicted molar refractivity (Wildman–Crippen MR) is 107 cm³/mol. The maximum atomic E-state index is 13.0. The quantitative estimate of drug-likeness (QED) is 0.806. The van der Waals surface area contributed by atoms with E-state index in [4.69, 9.17) is 0 Å². The minimum atomic E-state index is -0.511. The number of hydrogen-bond donors (Lipinski definition) is 1. The molecular formula is C23H27FN2O2. The summed E-state index contributed by atoms with van der Waals surface area (Å²) >= 11 is 0. The van der Waals surface area contributed by atoms with Gasteiger partial charge in [0.25, 0.3) is 0 Å². The number of carbonyl (C=O) groups excluding carboxylic acids is 1. The van der Waals surface area contributed by atoms with E-state index in [0.717, 1.165) is 51.0 Å². The zero-order valence-corrected chi connectivity index (χ0v) is 16.1. The second-order valence-electron chi connectivity index (χ2n) is 7.97. The summed E-state index contributed by atoms with van der Waals surface area (Å²) in [6.45, 7) is 3.95. The summed E-state index contributed by atoms with van der Waals surface area (Å²) < 4.78 is 13.0. The summed E-state index contributed by atoms with van der Waals surface area (Å²) in [6.07, 6.45) is 2.53. The monoisotopic (exact) mass is 382 g/mol. The number of fused-ring (bicyclic) bond motifs is 1. The molecule has 4 rings (SSSR count). The van der Waals surface area contributed by atoms with Gasteiger partial charge in [-0.3, -0.25) is 14.6 Å². The zero-order valence-electron chi connectivity index (χ0n) is 16.1. The number of rotatable bonds is 5. The van der Waals surface area contributed by atoms with Gasteiger partial charge in [0.2, 0.25) is 0 Å². The summed E-state index contributed by atoms with van der Waals surface area (Å²) in [5.74, 6) is 0.262. The Morgan fingerprint density at radius 1 is 1.04 bits per heavy atom. The molecule has 4 nitrogen and oxygen atoms in total. The van der Waals surface area contributed by atoms with Crippen LogP contribution >= 0.6 is 0 Å². The lowest BCUT2D eigenvalue weighted by atomic mass is 9.93. The van der Waals surface area contributed by atoms with E-state index in [1.54, 1.807) is 12.1 Å². The van der Waals surface area contributed by atoms with Gasteiger partial charge in [-0.15, -0.1) is 0 Å². The second kappa shape index (κ2) is 8.52. The topological polar surface area (TPSA) is 43.8 Å². The van der Waals surface area contributed by atoms with Gasteiger partial charge in [0.1, 0.15) is 12.0 Å². The summed E-state index contributed by atoms with van der Waals surface area (Å²) in [4.78, 5) is 16.7. The fourth-order valence-electron chi connectivity index (χ4n) is 4.38. The Hall–Kier alpha value is -2.08. The Bertz CT molecular complexity index is 816. The highest BCUT2D eigenvalue weighted by atomic mass is 19.1. The van der Waals surface area contributed by atoms with Crippen LogP contribution < -0.4 is 0 Å². The SMILES string of the molecule is O=C(CN1CCC(CN2CCc3ccccc3C2O)CC1)c1ccc(F)cc1. The molecule has 5 heteroatoms. The summed E-state index contributed by atoms with van der Waals surface area (Å²) in [7, 11) is 0. The number of aliphatic hydroxyl groups is 1. The number of Topliss-reactive ketones (excluding diaryl/α,β-unsaturated/α-hetero) is 1. The molecule has 1 fully saturated rings. The van der Waals surface area contributed by atoms with Crippen LogP contribution in [0.4, 0.5) is 4.39 Å². The third-order valence-electron chi connectivity index (χ3n) is 6.08. The number of benzene rings is 2. The number of carbonyl (C=O) groups is 1. The summed E-state index contributed by atoms with van der Waals surface area (Å²) in [5, 5.41) is 10.7. The van der Waals surface area contributed by atoms with E-state index in [1.165, 1.54) is 17.7 Å². The Morgan fingerprint density at radius 2 is 1.75 bits per heavy atom. The van der Waals surface area contributed by atoms with Crippen molar-refractivity contribution >= 4 is 5.78 Å². The molecule has 0 spiro atoms. The predicted octanol–water partition coefficient (Wildman–Crippen LogP) is 3.27. The average Bonchev–Trinajstić information content (AvgIpc) is 2.72. The molecule has 1 unspecified atom stereocenters. The maximum absolute atomic E-state index is 13.0. The van der Waals surface area contributed by atoms with Gasteiger partial charge in [-0.05, 0) is 73.7 Å². The Morgan fingerprint density at radius 3 is 2.50 bits per heavy atom. The van der Waals surface area contributed by atoms with Crippen molar-refractivity contribution in [2.75, 3.05) is 32.7 Å². The molecule has 0 aliphatic carbocycles. The molecule has 1 atom stereocenters.